The molecule has 0 saturated carbocycles. The molecule has 20 heavy (non-hydrogen) atoms. The van der Waals surface area contributed by atoms with Gasteiger partial charge in [-0.05, 0) is 40.4 Å². The molecule has 7 heteroatoms. The van der Waals surface area contributed by atoms with Gasteiger partial charge >= 0.3 is 0 Å². The Hall–Kier alpha value is -1.89. The van der Waals surface area contributed by atoms with Crippen LogP contribution in [0.15, 0.2) is 16.7 Å². The fourth-order valence-electron chi connectivity index (χ4n) is 1.76. The lowest BCUT2D eigenvalue weighted by Gasteiger charge is -2.06. The molecule has 4 N–H and O–H groups in total. The first-order chi connectivity index (χ1) is 9.40. The van der Waals surface area contributed by atoms with Crippen molar-refractivity contribution >= 4 is 33.3 Å². The minimum atomic E-state index is -0.375. The number of carbonyl (C=O) groups is 1. The van der Waals surface area contributed by atoms with Crippen molar-refractivity contribution < 1.29 is 4.79 Å². The van der Waals surface area contributed by atoms with Crippen LogP contribution >= 0.6 is 15.9 Å². The summed E-state index contributed by atoms with van der Waals surface area (Å²) in [6.07, 6.45) is 1.64. The molecule has 0 unspecified atom stereocenters. The van der Waals surface area contributed by atoms with E-state index in [1.807, 2.05) is 20.8 Å². The molecule has 2 aromatic rings. The number of H-pyrrole nitrogens is 1. The van der Waals surface area contributed by atoms with Crippen LogP contribution in [-0.4, -0.2) is 21.1 Å². The molecule has 0 aliphatic heterocycles. The van der Waals surface area contributed by atoms with E-state index in [9.17, 15) is 4.79 Å². The van der Waals surface area contributed by atoms with Crippen molar-refractivity contribution in [1.82, 2.24) is 15.2 Å². The fourth-order valence-corrected chi connectivity index (χ4v) is 1.98. The number of nitrogens with two attached hydrogens (primary N) is 1. The molecule has 0 aromatic carbocycles. The van der Waals surface area contributed by atoms with Gasteiger partial charge in [0, 0.05) is 10.7 Å². The molecule has 2 heterocycles. The Kier molecular flexibility index (Phi) is 4.08. The number of hydrogen-bond donors (Lipinski definition) is 3. The van der Waals surface area contributed by atoms with Crippen molar-refractivity contribution in [3.05, 3.63) is 33.7 Å². The summed E-state index contributed by atoms with van der Waals surface area (Å²) in [5.74, 6) is 0.265. The molecule has 2 rings (SSSR count). The number of halogens is 1. The number of amides is 1. The number of nitrogens with one attached hydrogen (secondary N) is 2. The van der Waals surface area contributed by atoms with Crippen LogP contribution < -0.4 is 11.1 Å². The highest BCUT2D eigenvalue weighted by Crippen LogP contribution is 2.23. The van der Waals surface area contributed by atoms with E-state index in [1.165, 1.54) is 0 Å². The second-order valence-corrected chi connectivity index (χ2v) is 5.68. The smallest absolute Gasteiger partial charge is 0.279 e. The summed E-state index contributed by atoms with van der Waals surface area (Å²) < 4.78 is 0.886. The highest BCUT2D eigenvalue weighted by atomic mass is 79.9. The van der Waals surface area contributed by atoms with Crippen LogP contribution in [0.2, 0.25) is 0 Å². The first-order valence-electron chi connectivity index (χ1n) is 6.17. The van der Waals surface area contributed by atoms with E-state index in [2.05, 4.69) is 36.4 Å². The van der Waals surface area contributed by atoms with Crippen LogP contribution in [0.4, 0.5) is 11.5 Å². The van der Waals surface area contributed by atoms with Crippen LogP contribution in [0.5, 0.6) is 0 Å². The van der Waals surface area contributed by atoms with E-state index in [0.29, 0.717) is 11.5 Å². The molecule has 106 valence electrons. The summed E-state index contributed by atoms with van der Waals surface area (Å²) in [5.41, 5.74) is 8.24. The molecule has 1 amide bonds. The molecule has 0 fully saturated rings. The molecule has 0 aliphatic carbocycles. The molecular formula is C13H16BrN5O. The average molecular weight is 338 g/mol. The predicted molar refractivity (Wildman–Crippen MR) is 81.7 cm³/mol. The van der Waals surface area contributed by atoms with Gasteiger partial charge in [0.15, 0.2) is 5.69 Å². The molecule has 0 radical (unpaired) electrons. The minimum Gasteiger partial charge on any atom is -0.395 e. The molecule has 0 bridgehead atoms. The zero-order chi connectivity index (χ0) is 14.9. The van der Waals surface area contributed by atoms with Crippen molar-refractivity contribution in [1.29, 1.82) is 0 Å². The molecule has 0 spiro atoms. The first kappa shape index (κ1) is 14.5. The fraction of sp³-hybridized carbons (Fsp3) is 0.308. The second-order valence-electron chi connectivity index (χ2n) is 4.83. The van der Waals surface area contributed by atoms with Gasteiger partial charge in [-0.1, -0.05) is 13.8 Å². The number of nitrogen functional groups attached to an aromatic ring is 1. The summed E-state index contributed by atoms with van der Waals surface area (Å²) >= 11 is 3.36. The topological polar surface area (TPSA) is 96.7 Å². The number of carbonyl (C=O) groups excluding carboxylic acids is 1. The highest BCUT2D eigenvalue weighted by Gasteiger charge is 2.19. The number of aryl methyl sites for hydroxylation is 1. The van der Waals surface area contributed by atoms with Gasteiger partial charge in [-0.25, -0.2) is 4.98 Å². The Morgan fingerprint density at radius 1 is 1.50 bits per heavy atom. The Labute approximate surface area is 125 Å². The third kappa shape index (κ3) is 2.82. The van der Waals surface area contributed by atoms with Crippen LogP contribution in [0.1, 0.15) is 41.5 Å². The van der Waals surface area contributed by atoms with Gasteiger partial charge in [-0.15, -0.1) is 0 Å². The van der Waals surface area contributed by atoms with Crippen LogP contribution in [0, 0.1) is 6.92 Å². The minimum absolute atomic E-state index is 0.178. The summed E-state index contributed by atoms with van der Waals surface area (Å²) in [6.45, 7) is 5.87. The van der Waals surface area contributed by atoms with Gasteiger partial charge in [-0.2, -0.15) is 5.10 Å². The molecule has 2 aromatic heterocycles. The number of nitrogens with zero attached hydrogens (tertiary/aromatic N) is 2. The van der Waals surface area contributed by atoms with Gasteiger partial charge in [0.1, 0.15) is 5.82 Å². The zero-order valence-corrected chi connectivity index (χ0v) is 13.1. The number of rotatable bonds is 3. The van der Waals surface area contributed by atoms with Gasteiger partial charge < -0.3 is 11.1 Å². The SMILES string of the molecule is Cc1cc(NC(=O)c2n[nH]c(C(C)C)c2N)ncc1Br. The molecule has 0 atom stereocenters. The average Bonchev–Trinajstić information content (AvgIpc) is 2.76. The maximum absolute atomic E-state index is 12.1. The van der Waals surface area contributed by atoms with Crippen LogP contribution in [-0.2, 0) is 0 Å². The lowest BCUT2D eigenvalue weighted by Crippen LogP contribution is -2.15. The van der Waals surface area contributed by atoms with E-state index in [4.69, 9.17) is 5.73 Å². The summed E-state index contributed by atoms with van der Waals surface area (Å²) in [7, 11) is 0. The number of aromatic nitrogens is 3. The van der Waals surface area contributed by atoms with Crippen LogP contribution in [0.3, 0.4) is 0 Å². The largest absolute Gasteiger partial charge is 0.395 e. The van der Waals surface area contributed by atoms with Crippen molar-refractivity contribution in [3.8, 4) is 0 Å². The monoisotopic (exact) mass is 337 g/mol. The van der Waals surface area contributed by atoms with E-state index in [1.54, 1.807) is 12.3 Å². The number of anilines is 2. The molecule has 0 saturated heterocycles. The van der Waals surface area contributed by atoms with Gasteiger partial charge in [0.25, 0.3) is 5.91 Å². The summed E-state index contributed by atoms with van der Waals surface area (Å²) in [5, 5.41) is 9.46. The molecular weight excluding hydrogens is 322 g/mol. The van der Waals surface area contributed by atoms with Crippen LogP contribution in [0.25, 0.3) is 0 Å². The lowest BCUT2D eigenvalue weighted by atomic mass is 10.1. The first-order valence-corrected chi connectivity index (χ1v) is 6.96. The van der Waals surface area contributed by atoms with Crippen molar-refractivity contribution in [2.24, 2.45) is 0 Å². The Morgan fingerprint density at radius 2 is 2.20 bits per heavy atom. The van der Waals surface area contributed by atoms with Gasteiger partial charge in [0.05, 0.1) is 11.4 Å². The Balaban J connectivity index is 2.22. The van der Waals surface area contributed by atoms with Gasteiger partial charge in [0.2, 0.25) is 0 Å². The summed E-state index contributed by atoms with van der Waals surface area (Å²) in [4.78, 5) is 16.3. The number of hydrogen-bond acceptors (Lipinski definition) is 4. The second kappa shape index (κ2) is 5.62. The maximum Gasteiger partial charge on any atom is 0.279 e. The number of pyridine rings is 1. The van der Waals surface area contributed by atoms with E-state index >= 15 is 0 Å². The normalized spacial score (nSPS) is 10.8. The van der Waals surface area contributed by atoms with Crippen molar-refractivity contribution in [3.63, 3.8) is 0 Å². The van der Waals surface area contributed by atoms with E-state index in [-0.39, 0.29) is 17.5 Å². The van der Waals surface area contributed by atoms with Gasteiger partial charge in [-0.3, -0.25) is 9.89 Å². The summed E-state index contributed by atoms with van der Waals surface area (Å²) in [6, 6.07) is 1.77. The van der Waals surface area contributed by atoms with Crippen molar-refractivity contribution in [2.45, 2.75) is 26.7 Å². The standard InChI is InChI=1S/C13H16BrN5O/c1-6(2)11-10(15)12(19-18-11)13(20)17-9-4-7(3)8(14)5-16-9/h4-6H,15H2,1-3H3,(H,18,19)(H,16,17,20). The molecule has 6 nitrogen and oxygen atoms in total. The highest BCUT2D eigenvalue weighted by molar-refractivity contribution is 9.10. The van der Waals surface area contributed by atoms with E-state index < -0.39 is 0 Å². The lowest BCUT2D eigenvalue weighted by molar-refractivity contribution is 0.102. The van der Waals surface area contributed by atoms with E-state index in [0.717, 1.165) is 15.7 Å². The van der Waals surface area contributed by atoms with Crippen molar-refractivity contribution in [2.75, 3.05) is 11.1 Å². The Morgan fingerprint density at radius 3 is 2.75 bits per heavy atom. The predicted octanol–water partition coefficient (Wildman–Crippen LogP) is 2.83. The third-order valence-electron chi connectivity index (χ3n) is 2.91. The third-order valence-corrected chi connectivity index (χ3v) is 3.74. The molecule has 0 aliphatic rings. The maximum atomic E-state index is 12.1. The zero-order valence-electron chi connectivity index (χ0n) is 11.5. The number of aromatic amines is 1. The Bertz CT molecular complexity index is 650. The quantitative estimate of drug-likeness (QED) is 0.802.